The van der Waals surface area contributed by atoms with Crippen molar-refractivity contribution in [2.24, 2.45) is 0 Å². The molecule has 1 atom stereocenters. The Morgan fingerprint density at radius 2 is 2.00 bits per heavy atom. The molecule has 1 aromatic heterocycles. The number of hydrogen-bond donors (Lipinski definition) is 1. The number of rotatable bonds is 4. The van der Waals surface area contributed by atoms with Gasteiger partial charge >= 0.3 is 0 Å². The summed E-state index contributed by atoms with van der Waals surface area (Å²) >= 11 is 0. The van der Waals surface area contributed by atoms with E-state index < -0.39 is 0 Å². The van der Waals surface area contributed by atoms with Gasteiger partial charge in [-0.25, -0.2) is 9.97 Å². The first-order valence-electron chi connectivity index (χ1n) is 8.61. The van der Waals surface area contributed by atoms with E-state index in [2.05, 4.69) is 12.2 Å². The topological polar surface area (TPSA) is 47.0 Å². The molecule has 2 aliphatic rings. The molecule has 2 heterocycles. The number of aryl methyl sites for hydroxylation is 1. The second-order valence-electron chi connectivity index (χ2n) is 6.20. The SMILES string of the molecule is CCNc1nc(CC2CCCCO2)nc2c1CCCCC2. The van der Waals surface area contributed by atoms with E-state index in [1.54, 1.807) is 0 Å². The van der Waals surface area contributed by atoms with Gasteiger partial charge in [0.1, 0.15) is 11.6 Å². The average Bonchev–Trinajstić information content (AvgIpc) is 2.74. The van der Waals surface area contributed by atoms with Crippen LogP contribution in [0.2, 0.25) is 0 Å². The number of nitrogens with one attached hydrogen (secondary N) is 1. The van der Waals surface area contributed by atoms with Gasteiger partial charge in [0.25, 0.3) is 0 Å². The summed E-state index contributed by atoms with van der Waals surface area (Å²) in [4.78, 5) is 9.69. The van der Waals surface area contributed by atoms with Gasteiger partial charge in [0.2, 0.25) is 0 Å². The lowest BCUT2D eigenvalue weighted by molar-refractivity contribution is 0.0156. The maximum Gasteiger partial charge on any atom is 0.133 e. The van der Waals surface area contributed by atoms with Gasteiger partial charge < -0.3 is 10.1 Å². The molecule has 0 bridgehead atoms. The summed E-state index contributed by atoms with van der Waals surface area (Å²) in [5.74, 6) is 2.05. The second-order valence-corrected chi connectivity index (χ2v) is 6.20. The molecule has 0 radical (unpaired) electrons. The Balaban J connectivity index is 1.82. The van der Waals surface area contributed by atoms with Crippen LogP contribution in [0, 0.1) is 0 Å². The summed E-state index contributed by atoms with van der Waals surface area (Å²) in [6.45, 7) is 3.95. The molecule has 1 N–H and O–H groups in total. The highest BCUT2D eigenvalue weighted by atomic mass is 16.5. The van der Waals surface area contributed by atoms with Crippen LogP contribution in [0.4, 0.5) is 5.82 Å². The molecule has 1 fully saturated rings. The number of aromatic nitrogens is 2. The van der Waals surface area contributed by atoms with Gasteiger partial charge in [-0.05, 0) is 51.9 Å². The number of fused-ring (bicyclic) bond motifs is 1. The van der Waals surface area contributed by atoms with Crippen molar-refractivity contribution in [2.45, 2.75) is 70.8 Å². The third kappa shape index (κ3) is 3.73. The molecule has 21 heavy (non-hydrogen) atoms. The van der Waals surface area contributed by atoms with Gasteiger partial charge in [-0.1, -0.05) is 6.42 Å². The zero-order valence-electron chi connectivity index (χ0n) is 13.2. The molecule has 4 heteroatoms. The van der Waals surface area contributed by atoms with Crippen molar-refractivity contribution >= 4 is 5.82 Å². The molecular weight excluding hydrogens is 262 g/mol. The molecule has 1 unspecified atom stereocenters. The number of nitrogens with zero attached hydrogens (tertiary/aromatic N) is 2. The van der Waals surface area contributed by atoms with Crippen LogP contribution in [0.1, 0.15) is 62.5 Å². The predicted octanol–water partition coefficient (Wildman–Crippen LogP) is 3.29. The highest BCUT2D eigenvalue weighted by Gasteiger charge is 2.20. The largest absolute Gasteiger partial charge is 0.378 e. The van der Waals surface area contributed by atoms with Gasteiger partial charge in [0.05, 0.1) is 6.10 Å². The lowest BCUT2D eigenvalue weighted by atomic mass is 10.1. The molecular formula is C17H27N3O. The summed E-state index contributed by atoms with van der Waals surface area (Å²) in [6.07, 6.45) is 10.9. The second kappa shape index (κ2) is 7.21. The molecule has 0 amide bonds. The van der Waals surface area contributed by atoms with E-state index >= 15 is 0 Å². The number of hydrogen-bond acceptors (Lipinski definition) is 4. The summed E-state index contributed by atoms with van der Waals surface area (Å²) in [7, 11) is 0. The van der Waals surface area contributed by atoms with Gasteiger partial charge in [-0.3, -0.25) is 0 Å². The standard InChI is InChI=1S/C17H27N3O/c1-2-18-17-14-9-4-3-5-10-15(14)19-16(20-17)12-13-8-6-7-11-21-13/h13H,2-12H2,1H3,(H,18,19,20). The fourth-order valence-corrected chi connectivity index (χ4v) is 3.40. The van der Waals surface area contributed by atoms with Crippen molar-refractivity contribution in [3.63, 3.8) is 0 Å². The van der Waals surface area contributed by atoms with E-state index in [4.69, 9.17) is 14.7 Å². The van der Waals surface area contributed by atoms with Crippen LogP contribution in [0.5, 0.6) is 0 Å². The quantitative estimate of drug-likeness (QED) is 0.864. The number of anilines is 1. The van der Waals surface area contributed by atoms with E-state index in [0.29, 0.717) is 6.10 Å². The van der Waals surface area contributed by atoms with Crippen molar-refractivity contribution in [3.8, 4) is 0 Å². The van der Waals surface area contributed by atoms with Gasteiger partial charge in [-0.15, -0.1) is 0 Å². The Bertz CT molecular complexity index is 469. The minimum absolute atomic E-state index is 0.317. The van der Waals surface area contributed by atoms with E-state index in [0.717, 1.165) is 50.5 Å². The Kier molecular flexibility index (Phi) is 5.07. The Hall–Kier alpha value is -1.16. The summed E-state index contributed by atoms with van der Waals surface area (Å²) in [6, 6.07) is 0. The summed E-state index contributed by atoms with van der Waals surface area (Å²) in [5.41, 5.74) is 2.65. The lowest BCUT2D eigenvalue weighted by Gasteiger charge is -2.22. The van der Waals surface area contributed by atoms with Crippen molar-refractivity contribution in [3.05, 3.63) is 17.1 Å². The minimum Gasteiger partial charge on any atom is -0.378 e. The van der Waals surface area contributed by atoms with Crippen LogP contribution < -0.4 is 5.32 Å². The molecule has 1 aliphatic heterocycles. The summed E-state index contributed by atoms with van der Waals surface area (Å²) in [5, 5.41) is 3.45. The first-order chi connectivity index (χ1) is 10.4. The van der Waals surface area contributed by atoms with Crippen LogP contribution in [0.3, 0.4) is 0 Å². The maximum absolute atomic E-state index is 5.85. The van der Waals surface area contributed by atoms with Crippen molar-refractivity contribution < 1.29 is 4.74 Å². The molecule has 0 saturated carbocycles. The highest BCUT2D eigenvalue weighted by molar-refractivity contribution is 5.47. The first kappa shape index (κ1) is 14.8. The molecule has 1 saturated heterocycles. The maximum atomic E-state index is 5.85. The zero-order valence-corrected chi connectivity index (χ0v) is 13.2. The fraction of sp³-hybridized carbons (Fsp3) is 0.765. The number of ether oxygens (including phenoxy) is 1. The smallest absolute Gasteiger partial charge is 0.133 e. The van der Waals surface area contributed by atoms with E-state index in [1.165, 1.54) is 43.4 Å². The molecule has 116 valence electrons. The van der Waals surface area contributed by atoms with E-state index in [-0.39, 0.29) is 0 Å². The third-order valence-electron chi connectivity index (χ3n) is 4.51. The van der Waals surface area contributed by atoms with Crippen LogP contribution >= 0.6 is 0 Å². The van der Waals surface area contributed by atoms with Crippen molar-refractivity contribution in [1.82, 2.24) is 9.97 Å². The van der Waals surface area contributed by atoms with Gasteiger partial charge in [0, 0.05) is 30.8 Å². The van der Waals surface area contributed by atoms with Crippen molar-refractivity contribution in [2.75, 3.05) is 18.5 Å². The molecule has 3 rings (SSSR count). The Morgan fingerprint density at radius 1 is 1.10 bits per heavy atom. The third-order valence-corrected chi connectivity index (χ3v) is 4.51. The van der Waals surface area contributed by atoms with E-state index in [9.17, 15) is 0 Å². The average molecular weight is 289 g/mol. The van der Waals surface area contributed by atoms with E-state index in [1.807, 2.05) is 0 Å². The van der Waals surface area contributed by atoms with Crippen LogP contribution in [0.25, 0.3) is 0 Å². The zero-order chi connectivity index (χ0) is 14.5. The van der Waals surface area contributed by atoms with Crippen molar-refractivity contribution in [1.29, 1.82) is 0 Å². The molecule has 0 aromatic carbocycles. The van der Waals surface area contributed by atoms with Crippen LogP contribution in [-0.2, 0) is 24.0 Å². The fourth-order valence-electron chi connectivity index (χ4n) is 3.40. The monoisotopic (exact) mass is 289 g/mol. The van der Waals surface area contributed by atoms with Gasteiger partial charge in [-0.2, -0.15) is 0 Å². The molecule has 4 nitrogen and oxygen atoms in total. The Labute approximate surface area is 127 Å². The van der Waals surface area contributed by atoms with Crippen LogP contribution in [0.15, 0.2) is 0 Å². The Morgan fingerprint density at radius 3 is 2.81 bits per heavy atom. The molecule has 1 aromatic rings. The predicted molar refractivity (Wildman–Crippen MR) is 84.7 cm³/mol. The first-order valence-corrected chi connectivity index (χ1v) is 8.61. The molecule has 1 aliphatic carbocycles. The van der Waals surface area contributed by atoms with Gasteiger partial charge in [0.15, 0.2) is 0 Å². The normalized spacial score (nSPS) is 22.4. The highest BCUT2D eigenvalue weighted by Crippen LogP contribution is 2.26. The minimum atomic E-state index is 0.317. The lowest BCUT2D eigenvalue weighted by Crippen LogP contribution is -2.23. The molecule has 0 spiro atoms. The van der Waals surface area contributed by atoms with Crippen LogP contribution in [-0.4, -0.2) is 29.2 Å². The summed E-state index contributed by atoms with van der Waals surface area (Å²) < 4.78 is 5.85.